The Balaban J connectivity index is 1.61. The molecule has 0 saturated heterocycles. The van der Waals surface area contributed by atoms with E-state index in [-0.39, 0.29) is 42.1 Å². The SMILES string of the molecule is CN1C(=O)COc2ccc(C(=O)CCC(=O)Nc3ccc(F)c(Cl)c3)cc21. The molecule has 1 aliphatic rings. The van der Waals surface area contributed by atoms with Gasteiger partial charge >= 0.3 is 0 Å². The first-order valence-corrected chi connectivity index (χ1v) is 8.54. The van der Waals surface area contributed by atoms with Crippen LogP contribution in [0, 0.1) is 5.82 Å². The van der Waals surface area contributed by atoms with E-state index in [1.807, 2.05) is 0 Å². The summed E-state index contributed by atoms with van der Waals surface area (Å²) in [5, 5.41) is 2.47. The second-order valence-corrected chi connectivity index (χ2v) is 6.43. The maximum Gasteiger partial charge on any atom is 0.264 e. The van der Waals surface area contributed by atoms with E-state index in [0.717, 1.165) is 6.07 Å². The van der Waals surface area contributed by atoms with Gasteiger partial charge in [0.1, 0.15) is 11.6 Å². The van der Waals surface area contributed by atoms with Crippen molar-refractivity contribution in [1.29, 1.82) is 0 Å². The smallest absolute Gasteiger partial charge is 0.264 e. The summed E-state index contributed by atoms with van der Waals surface area (Å²) in [6, 6.07) is 8.64. The van der Waals surface area contributed by atoms with E-state index in [9.17, 15) is 18.8 Å². The van der Waals surface area contributed by atoms with Crippen LogP contribution in [0.2, 0.25) is 5.02 Å². The predicted octanol–water partition coefficient (Wildman–Crippen LogP) is 3.44. The molecule has 0 aliphatic carbocycles. The van der Waals surface area contributed by atoms with Gasteiger partial charge in [-0.2, -0.15) is 0 Å². The Morgan fingerprint density at radius 1 is 1.22 bits per heavy atom. The zero-order valence-electron chi connectivity index (χ0n) is 14.4. The number of nitrogens with one attached hydrogen (secondary N) is 1. The number of hydrogen-bond acceptors (Lipinski definition) is 4. The number of halogens is 2. The van der Waals surface area contributed by atoms with Crippen LogP contribution in [0.4, 0.5) is 15.8 Å². The second kappa shape index (κ2) is 7.75. The molecule has 0 radical (unpaired) electrons. The number of likely N-dealkylation sites (N-methyl/N-ethyl adjacent to an activating group) is 1. The molecule has 0 atom stereocenters. The molecule has 2 aromatic carbocycles. The highest BCUT2D eigenvalue weighted by Gasteiger charge is 2.23. The lowest BCUT2D eigenvalue weighted by Crippen LogP contribution is -2.35. The molecule has 27 heavy (non-hydrogen) atoms. The minimum atomic E-state index is -0.579. The monoisotopic (exact) mass is 390 g/mol. The third-order valence-corrected chi connectivity index (χ3v) is 4.44. The predicted molar refractivity (Wildman–Crippen MR) is 99.0 cm³/mol. The van der Waals surface area contributed by atoms with E-state index in [4.69, 9.17) is 16.3 Å². The van der Waals surface area contributed by atoms with E-state index in [0.29, 0.717) is 22.7 Å². The van der Waals surface area contributed by atoms with Crippen LogP contribution in [-0.2, 0) is 9.59 Å². The number of ketones is 1. The number of fused-ring (bicyclic) bond motifs is 1. The molecule has 3 rings (SSSR count). The molecule has 0 aromatic heterocycles. The van der Waals surface area contributed by atoms with Crippen molar-refractivity contribution >= 4 is 40.6 Å². The fourth-order valence-electron chi connectivity index (χ4n) is 2.61. The van der Waals surface area contributed by atoms with Crippen molar-refractivity contribution in [2.45, 2.75) is 12.8 Å². The second-order valence-electron chi connectivity index (χ2n) is 6.02. The largest absolute Gasteiger partial charge is 0.482 e. The van der Waals surface area contributed by atoms with E-state index in [1.54, 1.807) is 25.2 Å². The molecule has 1 N–H and O–H groups in total. The molecule has 140 valence electrons. The van der Waals surface area contributed by atoms with Crippen molar-refractivity contribution in [3.63, 3.8) is 0 Å². The number of anilines is 2. The van der Waals surface area contributed by atoms with E-state index in [2.05, 4.69) is 5.32 Å². The highest BCUT2D eigenvalue weighted by molar-refractivity contribution is 6.31. The molecule has 0 spiro atoms. The van der Waals surface area contributed by atoms with Crippen LogP contribution in [-0.4, -0.2) is 31.3 Å². The Morgan fingerprint density at radius 2 is 2.00 bits per heavy atom. The Morgan fingerprint density at radius 3 is 2.74 bits per heavy atom. The molecule has 1 aliphatic heterocycles. The van der Waals surface area contributed by atoms with Crippen molar-refractivity contribution < 1.29 is 23.5 Å². The van der Waals surface area contributed by atoms with Gasteiger partial charge in [0.05, 0.1) is 10.7 Å². The topological polar surface area (TPSA) is 75.7 Å². The fraction of sp³-hybridized carbons (Fsp3) is 0.211. The number of carbonyl (C=O) groups is 3. The number of rotatable bonds is 5. The summed E-state index contributed by atoms with van der Waals surface area (Å²) >= 11 is 5.67. The Hall–Kier alpha value is -2.93. The van der Waals surface area contributed by atoms with Crippen molar-refractivity contribution in [2.75, 3.05) is 23.9 Å². The normalized spacial score (nSPS) is 13.0. The number of amides is 2. The minimum Gasteiger partial charge on any atom is -0.482 e. The van der Waals surface area contributed by atoms with Gasteiger partial charge in [0.25, 0.3) is 5.91 Å². The summed E-state index contributed by atoms with van der Waals surface area (Å²) in [6.07, 6.45) is -0.0613. The van der Waals surface area contributed by atoms with Crippen molar-refractivity contribution in [2.24, 2.45) is 0 Å². The van der Waals surface area contributed by atoms with Crippen molar-refractivity contribution in [3.05, 3.63) is 52.8 Å². The maximum atomic E-state index is 13.1. The number of carbonyl (C=O) groups excluding carboxylic acids is 3. The molecule has 2 amide bonds. The quantitative estimate of drug-likeness (QED) is 0.793. The first-order valence-electron chi connectivity index (χ1n) is 8.16. The van der Waals surface area contributed by atoms with Crippen LogP contribution in [0.15, 0.2) is 36.4 Å². The van der Waals surface area contributed by atoms with Gasteiger partial charge in [-0.25, -0.2) is 4.39 Å². The molecule has 2 aromatic rings. The van der Waals surface area contributed by atoms with E-state index in [1.165, 1.54) is 17.0 Å². The number of ether oxygens (including phenoxy) is 1. The molecule has 0 saturated carbocycles. The number of benzene rings is 2. The van der Waals surface area contributed by atoms with Crippen LogP contribution in [0.25, 0.3) is 0 Å². The van der Waals surface area contributed by atoms with Gasteiger partial charge in [-0.05, 0) is 36.4 Å². The molecular formula is C19H16ClFN2O4. The third kappa shape index (κ3) is 4.25. The number of Topliss-reactive ketones (excluding diaryl/α,β-unsaturated/α-hetero) is 1. The van der Waals surface area contributed by atoms with Crippen LogP contribution < -0.4 is 15.0 Å². The highest BCUT2D eigenvalue weighted by Crippen LogP contribution is 2.32. The standard InChI is InChI=1S/C19H16ClFN2O4/c1-23-15-8-11(2-6-17(15)27-10-19(23)26)16(24)5-7-18(25)22-12-3-4-14(21)13(20)9-12/h2-4,6,8-9H,5,7,10H2,1H3,(H,22,25). The lowest BCUT2D eigenvalue weighted by Gasteiger charge is -2.26. The summed E-state index contributed by atoms with van der Waals surface area (Å²) in [4.78, 5) is 37.5. The Labute approximate surface area is 159 Å². The fourth-order valence-corrected chi connectivity index (χ4v) is 2.79. The zero-order valence-corrected chi connectivity index (χ0v) is 15.2. The number of nitrogens with zero attached hydrogens (tertiary/aromatic N) is 1. The lowest BCUT2D eigenvalue weighted by atomic mass is 10.0. The first kappa shape index (κ1) is 18.8. The van der Waals surface area contributed by atoms with Gasteiger partial charge in [0.15, 0.2) is 12.4 Å². The number of hydrogen-bond donors (Lipinski definition) is 1. The van der Waals surface area contributed by atoms with E-state index >= 15 is 0 Å². The summed E-state index contributed by atoms with van der Waals surface area (Å²) in [7, 11) is 1.61. The zero-order chi connectivity index (χ0) is 19.6. The molecule has 0 bridgehead atoms. The van der Waals surface area contributed by atoms with Crippen LogP contribution >= 0.6 is 11.6 Å². The lowest BCUT2D eigenvalue weighted by molar-refractivity contribution is -0.121. The molecule has 6 nitrogen and oxygen atoms in total. The Bertz CT molecular complexity index is 932. The third-order valence-electron chi connectivity index (χ3n) is 4.15. The van der Waals surface area contributed by atoms with Crippen molar-refractivity contribution in [3.8, 4) is 5.75 Å². The van der Waals surface area contributed by atoms with Gasteiger partial charge in [-0.15, -0.1) is 0 Å². The maximum absolute atomic E-state index is 13.1. The van der Waals surface area contributed by atoms with Gasteiger partial charge in [0, 0.05) is 31.1 Å². The molecule has 1 heterocycles. The summed E-state index contributed by atoms with van der Waals surface area (Å²) in [5.74, 6) is -0.884. The van der Waals surface area contributed by atoms with Crippen LogP contribution in [0.1, 0.15) is 23.2 Å². The molecule has 0 unspecified atom stereocenters. The van der Waals surface area contributed by atoms with Gasteiger partial charge in [-0.3, -0.25) is 14.4 Å². The molecule has 0 fully saturated rings. The molecular weight excluding hydrogens is 375 g/mol. The highest BCUT2D eigenvalue weighted by atomic mass is 35.5. The van der Waals surface area contributed by atoms with Crippen LogP contribution in [0.5, 0.6) is 5.75 Å². The first-order chi connectivity index (χ1) is 12.8. The minimum absolute atomic E-state index is 0.0158. The van der Waals surface area contributed by atoms with Gasteiger partial charge < -0.3 is 15.0 Å². The summed E-state index contributed by atoms with van der Waals surface area (Å²) < 4.78 is 18.4. The summed E-state index contributed by atoms with van der Waals surface area (Å²) in [6.45, 7) is -0.0373. The Kier molecular flexibility index (Phi) is 5.41. The average molecular weight is 391 g/mol. The summed E-state index contributed by atoms with van der Waals surface area (Å²) in [5.41, 5.74) is 1.25. The van der Waals surface area contributed by atoms with Crippen LogP contribution in [0.3, 0.4) is 0 Å². The van der Waals surface area contributed by atoms with Gasteiger partial charge in [-0.1, -0.05) is 11.6 Å². The van der Waals surface area contributed by atoms with Crippen molar-refractivity contribution in [1.82, 2.24) is 0 Å². The average Bonchev–Trinajstić information content (AvgIpc) is 2.65. The molecule has 8 heteroatoms. The van der Waals surface area contributed by atoms with Gasteiger partial charge in [0.2, 0.25) is 5.91 Å². The van der Waals surface area contributed by atoms with E-state index < -0.39 is 5.82 Å².